The molecule has 7 nitrogen and oxygen atoms in total. The number of nitrogens with one attached hydrogen (secondary N) is 2. The third kappa shape index (κ3) is 3.59. The van der Waals surface area contributed by atoms with Crippen LogP contribution < -0.4 is 5.32 Å². The highest BCUT2D eigenvalue weighted by Gasteiger charge is 2.12. The molecular formula is C21H16N4O3. The van der Waals surface area contributed by atoms with E-state index in [2.05, 4.69) is 15.5 Å². The molecule has 0 atom stereocenters. The fourth-order valence-corrected chi connectivity index (χ4v) is 3.13. The van der Waals surface area contributed by atoms with Crippen molar-refractivity contribution in [2.75, 3.05) is 5.32 Å². The lowest BCUT2D eigenvalue weighted by molar-refractivity contribution is -0.384. The van der Waals surface area contributed by atoms with Crippen LogP contribution in [0, 0.1) is 10.1 Å². The van der Waals surface area contributed by atoms with Crippen LogP contribution in [0.15, 0.2) is 72.8 Å². The number of hydrogen-bond acceptors (Lipinski definition) is 4. The Morgan fingerprint density at radius 3 is 2.68 bits per heavy atom. The lowest BCUT2D eigenvalue weighted by Crippen LogP contribution is -2.14. The molecule has 1 heterocycles. The molecule has 1 amide bonds. The Morgan fingerprint density at radius 1 is 1.04 bits per heavy atom. The van der Waals surface area contributed by atoms with E-state index in [4.69, 9.17) is 0 Å². The van der Waals surface area contributed by atoms with Gasteiger partial charge in [-0.3, -0.25) is 20.0 Å². The topological polar surface area (TPSA) is 101 Å². The number of benzene rings is 3. The van der Waals surface area contributed by atoms with Crippen molar-refractivity contribution < 1.29 is 9.72 Å². The first-order valence-corrected chi connectivity index (χ1v) is 8.67. The van der Waals surface area contributed by atoms with E-state index in [-0.39, 0.29) is 18.0 Å². The quantitative estimate of drug-likeness (QED) is 0.402. The van der Waals surface area contributed by atoms with E-state index in [1.165, 1.54) is 12.1 Å². The van der Waals surface area contributed by atoms with E-state index in [9.17, 15) is 14.9 Å². The minimum absolute atomic E-state index is 0.00589. The number of H-pyrrole nitrogens is 1. The largest absolute Gasteiger partial charge is 0.309 e. The summed E-state index contributed by atoms with van der Waals surface area (Å²) in [5.74, 6) is 0.181. The highest BCUT2D eigenvalue weighted by Crippen LogP contribution is 2.24. The zero-order valence-electron chi connectivity index (χ0n) is 14.8. The van der Waals surface area contributed by atoms with E-state index in [1.54, 1.807) is 18.2 Å². The van der Waals surface area contributed by atoms with Crippen molar-refractivity contribution in [3.8, 4) is 11.3 Å². The minimum Gasteiger partial charge on any atom is -0.309 e. The summed E-state index contributed by atoms with van der Waals surface area (Å²) in [7, 11) is 0. The van der Waals surface area contributed by atoms with E-state index >= 15 is 0 Å². The van der Waals surface area contributed by atoms with Gasteiger partial charge in [0.25, 0.3) is 5.69 Å². The van der Waals surface area contributed by atoms with Gasteiger partial charge in [-0.2, -0.15) is 5.10 Å². The standard InChI is InChI=1S/C21H16N4O3/c26-21(12-15-7-3-6-14-5-1-2-10-18(14)15)22-20-13-19(23-24-20)16-8-4-9-17(11-16)25(27)28/h1-11,13H,12H2,(H2,22,23,24,26). The van der Waals surface area contributed by atoms with Gasteiger partial charge in [0, 0.05) is 23.8 Å². The van der Waals surface area contributed by atoms with Crippen molar-refractivity contribution in [2.45, 2.75) is 6.42 Å². The van der Waals surface area contributed by atoms with Crippen molar-refractivity contribution in [2.24, 2.45) is 0 Å². The molecule has 0 aliphatic heterocycles. The van der Waals surface area contributed by atoms with E-state index in [0.717, 1.165) is 16.3 Å². The maximum Gasteiger partial charge on any atom is 0.270 e. The second-order valence-corrected chi connectivity index (χ2v) is 6.34. The molecule has 0 radical (unpaired) electrons. The average molecular weight is 372 g/mol. The number of nitro benzene ring substituents is 1. The molecule has 4 aromatic rings. The van der Waals surface area contributed by atoms with Crippen LogP contribution in [0.4, 0.5) is 11.5 Å². The predicted molar refractivity (Wildman–Crippen MR) is 107 cm³/mol. The summed E-state index contributed by atoms with van der Waals surface area (Å²) in [6, 6.07) is 21.7. The molecule has 0 aliphatic rings. The van der Waals surface area contributed by atoms with Gasteiger partial charge in [-0.05, 0) is 16.3 Å². The van der Waals surface area contributed by atoms with Gasteiger partial charge in [0.05, 0.1) is 17.0 Å². The lowest BCUT2D eigenvalue weighted by atomic mass is 10.0. The molecule has 0 saturated heterocycles. The first kappa shape index (κ1) is 17.4. The summed E-state index contributed by atoms with van der Waals surface area (Å²) in [5.41, 5.74) is 2.14. The van der Waals surface area contributed by atoms with Crippen molar-refractivity contribution in [1.29, 1.82) is 0 Å². The van der Waals surface area contributed by atoms with Crippen LogP contribution in [0.2, 0.25) is 0 Å². The molecule has 138 valence electrons. The molecule has 3 aromatic carbocycles. The third-order valence-electron chi connectivity index (χ3n) is 4.44. The fourth-order valence-electron chi connectivity index (χ4n) is 3.13. The Morgan fingerprint density at radius 2 is 1.82 bits per heavy atom. The summed E-state index contributed by atoms with van der Waals surface area (Å²) >= 11 is 0. The predicted octanol–water partition coefficient (Wildman–Crippen LogP) is 4.32. The molecule has 0 fully saturated rings. The highest BCUT2D eigenvalue weighted by molar-refractivity contribution is 5.96. The van der Waals surface area contributed by atoms with E-state index in [0.29, 0.717) is 17.1 Å². The van der Waals surface area contributed by atoms with Crippen LogP contribution in [-0.2, 0) is 11.2 Å². The van der Waals surface area contributed by atoms with Gasteiger partial charge >= 0.3 is 0 Å². The monoisotopic (exact) mass is 372 g/mol. The lowest BCUT2D eigenvalue weighted by Gasteiger charge is -2.06. The van der Waals surface area contributed by atoms with Crippen LogP contribution in [-0.4, -0.2) is 21.0 Å². The number of fused-ring (bicyclic) bond motifs is 1. The number of aromatic nitrogens is 2. The van der Waals surface area contributed by atoms with E-state index in [1.807, 2.05) is 42.5 Å². The molecule has 1 aromatic heterocycles. The third-order valence-corrected chi connectivity index (χ3v) is 4.44. The van der Waals surface area contributed by atoms with Gasteiger partial charge in [-0.15, -0.1) is 0 Å². The molecule has 0 bridgehead atoms. The second-order valence-electron chi connectivity index (χ2n) is 6.34. The smallest absolute Gasteiger partial charge is 0.270 e. The highest BCUT2D eigenvalue weighted by atomic mass is 16.6. The Kier molecular flexibility index (Phi) is 4.55. The number of nitro groups is 1. The van der Waals surface area contributed by atoms with E-state index < -0.39 is 4.92 Å². The number of amides is 1. The molecule has 28 heavy (non-hydrogen) atoms. The molecule has 0 unspecified atom stereocenters. The molecule has 0 aliphatic carbocycles. The molecular weight excluding hydrogens is 356 g/mol. The van der Waals surface area contributed by atoms with Gasteiger partial charge < -0.3 is 5.32 Å². The minimum atomic E-state index is -0.452. The Labute approximate surface area is 160 Å². The van der Waals surface area contributed by atoms with Gasteiger partial charge in [0.15, 0.2) is 5.82 Å². The van der Waals surface area contributed by atoms with Crippen LogP contribution in [0.5, 0.6) is 0 Å². The SMILES string of the molecule is O=C(Cc1cccc2ccccc12)Nc1cc(-c2cccc([N+](=O)[O-])c2)[nH]n1. The fraction of sp³-hybridized carbons (Fsp3) is 0.0476. The summed E-state index contributed by atoms with van der Waals surface area (Å²) < 4.78 is 0. The normalized spacial score (nSPS) is 10.7. The number of hydrogen-bond donors (Lipinski definition) is 2. The number of carbonyl (C=O) groups excluding carboxylic acids is 1. The zero-order chi connectivity index (χ0) is 19.5. The Bertz CT molecular complexity index is 1180. The number of aromatic amines is 1. The summed E-state index contributed by atoms with van der Waals surface area (Å²) in [5, 5.41) is 22.7. The number of carbonyl (C=O) groups is 1. The Hall–Kier alpha value is -4.00. The first-order valence-electron chi connectivity index (χ1n) is 8.67. The van der Waals surface area contributed by atoms with Crippen molar-refractivity contribution >= 4 is 28.2 Å². The number of non-ortho nitro benzene ring substituents is 1. The Balaban J connectivity index is 1.50. The number of nitrogens with zero attached hydrogens (tertiary/aromatic N) is 2. The molecule has 0 saturated carbocycles. The first-order chi connectivity index (χ1) is 13.6. The van der Waals surface area contributed by atoms with Crippen LogP contribution >= 0.6 is 0 Å². The average Bonchev–Trinajstić information content (AvgIpc) is 3.17. The van der Waals surface area contributed by atoms with Crippen molar-refractivity contribution in [1.82, 2.24) is 10.2 Å². The summed E-state index contributed by atoms with van der Waals surface area (Å²) in [6.07, 6.45) is 0.223. The van der Waals surface area contributed by atoms with Crippen LogP contribution in [0.25, 0.3) is 22.0 Å². The number of anilines is 1. The van der Waals surface area contributed by atoms with Gasteiger partial charge in [0.2, 0.25) is 5.91 Å². The number of rotatable bonds is 5. The zero-order valence-corrected chi connectivity index (χ0v) is 14.8. The summed E-state index contributed by atoms with van der Waals surface area (Å²) in [4.78, 5) is 22.9. The van der Waals surface area contributed by atoms with Gasteiger partial charge in [-0.25, -0.2) is 0 Å². The molecule has 0 spiro atoms. The van der Waals surface area contributed by atoms with Crippen LogP contribution in [0.1, 0.15) is 5.56 Å². The maximum absolute atomic E-state index is 12.5. The summed E-state index contributed by atoms with van der Waals surface area (Å²) in [6.45, 7) is 0. The molecule has 4 rings (SSSR count). The van der Waals surface area contributed by atoms with Crippen molar-refractivity contribution in [3.05, 3.63) is 88.5 Å². The van der Waals surface area contributed by atoms with Crippen molar-refractivity contribution in [3.63, 3.8) is 0 Å². The van der Waals surface area contributed by atoms with Gasteiger partial charge in [-0.1, -0.05) is 54.6 Å². The second kappa shape index (κ2) is 7.32. The molecule has 7 heteroatoms. The van der Waals surface area contributed by atoms with Gasteiger partial charge in [0.1, 0.15) is 0 Å². The molecule has 2 N–H and O–H groups in total. The maximum atomic E-state index is 12.5. The van der Waals surface area contributed by atoms with Crippen LogP contribution in [0.3, 0.4) is 0 Å².